The molecule has 0 saturated heterocycles. The molecule has 0 unspecified atom stereocenters. The summed E-state index contributed by atoms with van der Waals surface area (Å²) in [6, 6.07) is 0. The number of nitrogens with zero attached hydrogens (tertiary/aromatic N) is 3. The lowest BCUT2D eigenvalue weighted by Crippen LogP contribution is -2.24. The number of hydrogen-bond donors (Lipinski definition) is 1. The molecular weight excluding hydrogens is 367 g/mol. The molecule has 1 N–H and O–H groups in total. The van der Waals surface area contributed by atoms with Crippen molar-refractivity contribution in [1.82, 2.24) is 14.8 Å². The number of halogens is 3. The van der Waals surface area contributed by atoms with Crippen LogP contribution in [0.3, 0.4) is 0 Å². The van der Waals surface area contributed by atoms with Gasteiger partial charge in [-0.1, -0.05) is 0 Å². The van der Waals surface area contributed by atoms with E-state index in [9.17, 15) is 23.1 Å². The summed E-state index contributed by atoms with van der Waals surface area (Å²) in [5.41, 5.74) is -2.14. The van der Waals surface area contributed by atoms with Crippen molar-refractivity contribution in [3.63, 3.8) is 0 Å². The van der Waals surface area contributed by atoms with Crippen LogP contribution in [0.1, 0.15) is 48.0 Å². The van der Waals surface area contributed by atoms with Crippen molar-refractivity contribution in [2.45, 2.75) is 46.0 Å². The van der Waals surface area contributed by atoms with Gasteiger partial charge in [0.2, 0.25) is 5.88 Å². The zero-order valence-corrected chi connectivity index (χ0v) is 15.5. The van der Waals surface area contributed by atoms with E-state index in [0.717, 1.165) is 12.4 Å². The molecule has 0 atom stereocenters. The van der Waals surface area contributed by atoms with Gasteiger partial charge in [0.05, 0.1) is 18.3 Å². The maximum atomic E-state index is 13.6. The number of methoxy groups -OCH3 is 1. The molecule has 0 bridgehead atoms. The molecule has 0 aliphatic rings. The molecule has 0 aliphatic carbocycles. The van der Waals surface area contributed by atoms with Gasteiger partial charge in [0.1, 0.15) is 5.56 Å². The lowest BCUT2D eigenvalue weighted by molar-refractivity contribution is -0.139. The highest BCUT2D eigenvalue weighted by molar-refractivity contribution is 5.87. The van der Waals surface area contributed by atoms with Crippen LogP contribution in [0.15, 0.2) is 12.4 Å². The molecule has 10 heteroatoms. The van der Waals surface area contributed by atoms with E-state index >= 15 is 0 Å². The summed E-state index contributed by atoms with van der Waals surface area (Å²) in [4.78, 5) is 15.2. The minimum atomic E-state index is -4.72. The summed E-state index contributed by atoms with van der Waals surface area (Å²) in [5.74, 6) is -1.95. The molecule has 2 aromatic rings. The van der Waals surface area contributed by atoms with Crippen LogP contribution in [0.4, 0.5) is 13.2 Å². The number of aromatic nitrogens is 3. The van der Waals surface area contributed by atoms with Gasteiger partial charge < -0.3 is 14.6 Å². The second-order valence-electron chi connectivity index (χ2n) is 6.87. The first-order valence-electron chi connectivity index (χ1n) is 7.92. The van der Waals surface area contributed by atoms with E-state index in [1.807, 2.05) is 0 Å². The Kier molecular flexibility index (Phi) is 5.50. The van der Waals surface area contributed by atoms with Crippen molar-refractivity contribution in [3.05, 3.63) is 34.8 Å². The van der Waals surface area contributed by atoms with Crippen molar-refractivity contribution in [1.29, 1.82) is 0 Å². The Bertz CT molecular complexity index is 854. The summed E-state index contributed by atoms with van der Waals surface area (Å²) >= 11 is 0. The number of hydrogen-bond acceptors (Lipinski definition) is 5. The van der Waals surface area contributed by atoms with Crippen LogP contribution >= 0.6 is 0 Å². The fraction of sp³-hybridized carbons (Fsp3) is 0.471. The molecule has 27 heavy (non-hydrogen) atoms. The largest absolute Gasteiger partial charge is 0.476 e. The van der Waals surface area contributed by atoms with Crippen molar-refractivity contribution >= 4 is 5.97 Å². The van der Waals surface area contributed by atoms with Gasteiger partial charge in [-0.15, -0.1) is 0 Å². The first-order valence-corrected chi connectivity index (χ1v) is 7.92. The molecule has 0 saturated carbocycles. The fourth-order valence-electron chi connectivity index (χ4n) is 2.51. The summed E-state index contributed by atoms with van der Waals surface area (Å²) in [6.07, 6.45) is -2.74. The Morgan fingerprint density at radius 3 is 2.37 bits per heavy atom. The van der Waals surface area contributed by atoms with Gasteiger partial charge in [0, 0.05) is 24.4 Å². The third-order valence-electron chi connectivity index (χ3n) is 3.69. The topological polar surface area (TPSA) is 86.5 Å². The van der Waals surface area contributed by atoms with Crippen LogP contribution in [0, 0.1) is 6.92 Å². The molecule has 0 radical (unpaired) electrons. The smallest absolute Gasteiger partial charge is 0.420 e. The summed E-state index contributed by atoms with van der Waals surface area (Å²) in [7, 11) is 1.27. The van der Waals surface area contributed by atoms with Gasteiger partial charge in [-0.3, -0.25) is 4.98 Å². The minimum absolute atomic E-state index is 0.0956. The Morgan fingerprint density at radius 1 is 1.26 bits per heavy atom. The molecule has 2 rings (SSSR count). The first kappa shape index (κ1) is 20.7. The third-order valence-corrected chi connectivity index (χ3v) is 3.69. The highest BCUT2D eigenvalue weighted by Gasteiger charge is 2.38. The quantitative estimate of drug-likeness (QED) is 0.835. The zero-order chi connectivity index (χ0) is 20.6. The zero-order valence-electron chi connectivity index (χ0n) is 15.5. The number of carboxylic acid groups (broad SMARTS) is 1. The molecular formula is C17H20F3N3O4. The van der Waals surface area contributed by atoms with Crippen LogP contribution in [-0.4, -0.2) is 33.0 Å². The Labute approximate surface area is 153 Å². The molecule has 148 valence electrons. The van der Waals surface area contributed by atoms with Crippen LogP contribution in [0.5, 0.6) is 11.6 Å². The maximum absolute atomic E-state index is 13.6. The number of pyridine rings is 1. The van der Waals surface area contributed by atoms with Crippen LogP contribution in [-0.2, 0) is 23.1 Å². The minimum Gasteiger partial charge on any atom is -0.476 e. The van der Waals surface area contributed by atoms with E-state index in [0.29, 0.717) is 0 Å². The highest BCUT2D eigenvalue weighted by atomic mass is 19.4. The SMILES string of the molecule is COCc1cncc(Oc2c(C)c(C(=O)O)nn2C(C)(C)C)c1C(F)(F)F. The lowest BCUT2D eigenvalue weighted by atomic mass is 10.1. The monoisotopic (exact) mass is 387 g/mol. The summed E-state index contributed by atoms with van der Waals surface area (Å²) in [6.45, 7) is 6.29. The molecule has 0 amide bonds. The van der Waals surface area contributed by atoms with Crippen LogP contribution < -0.4 is 4.74 Å². The van der Waals surface area contributed by atoms with Crippen LogP contribution in [0.2, 0.25) is 0 Å². The second-order valence-corrected chi connectivity index (χ2v) is 6.87. The van der Waals surface area contributed by atoms with Gasteiger partial charge >= 0.3 is 12.1 Å². The van der Waals surface area contributed by atoms with E-state index in [2.05, 4.69) is 10.1 Å². The number of rotatable bonds is 5. The molecule has 0 aliphatic heterocycles. The molecule has 7 nitrogen and oxygen atoms in total. The van der Waals surface area contributed by atoms with Crippen molar-refractivity contribution in [3.8, 4) is 11.6 Å². The summed E-state index contributed by atoms with van der Waals surface area (Å²) in [5, 5.41) is 13.3. The average molecular weight is 387 g/mol. The summed E-state index contributed by atoms with van der Waals surface area (Å²) < 4.78 is 52.5. The van der Waals surface area contributed by atoms with Gasteiger partial charge in [-0.2, -0.15) is 18.3 Å². The van der Waals surface area contributed by atoms with Crippen molar-refractivity contribution in [2.75, 3.05) is 7.11 Å². The fourth-order valence-corrected chi connectivity index (χ4v) is 2.51. The van der Waals surface area contributed by atoms with E-state index < -0.39 is 29.0 Å². The number of ether oxygens (including phenoxy) is 2. The van der Waals surface area contributed by atoms with Crippen LogP contribution in [0.25, 0.3) is 0 Å². The Balaban J connectivity index is 2.68. The van der Waals surface area contributed by atoms with Crippen molar-refractivity contribution < 1.29 is 32.5 Å². The van der Waals surface area contributed by atoms with Gasteiger partial charge in [0.25, 0.3) is 0 Å². The molecule has 0 fully saturated rings. The Morgan fingerprint density at radius 2 is 1.89 bits per heavy atom. The molecule has 0 aromatic carbocycles. The van der Waals surface area contributed by atoms with Gasteiger partial charge in [0.15, 0.2) is 11.4 Å². The van der Waals surface area contributed by atoms with Gasteiger partial charge in [-0.05, 0) is 27.7 Å². The predicted octanol–water partition coefficient (Wildman–Crippen LogP) is 4.00. The van der Waals surface area contributed by atoms with E-state index in [1.54, 1.807) is 20.8 Å². The van der Waals surface area contributed by atoms with Crippen molar-refractivity contribution in [2.24, 2.45) is 0 Å². The number of carbonyl (C=O) groups is 1. The molecule has 2 aromatic heterocycles. The van der Waals surface area contributed by atoms with E-state index in [1.165, 1.54) is 18.7 Å². The third kappa shape index (κ3) is 4.21. The standard InChI is InChI=1S/C17H20F3N3O4/c1-9-13(15(24)25)22-23(16(2,3)4)14(9)27-11-7-21-6-10(8-26-5)12(11)17(18,19)20/h6-7H,8H2,1-5H3,(H,24,25). The normalized spacial score (nSPS) is 12.3. The first-order chi connectivity index (χ1) is 12.4. The van der Waals surface area contributed by atoms with Gasteiger partial charge in [-0.25, -0.2) is 9.48 Å². The average Bonchev–Trinajstić information content (AvgIpc) is 2.84. The maximum Gasteiger partial charge on any atom is 0.420 e. The number of carboxylic acids is 1. The number of aromatic carboxylic acids is 1. The van der Waals surface area contributed by atoms with E-state index in [4.69, 9.17) is 9.47 Å². The lowest BCUT2D eigenvalue weighted by Gasteiger charge is -2.23. The van der Waals surface area contributed by atoms with E-state index in [-0.39, 0.29) is 29.3 Å². The molecule has 0 spiro atoms. The Hall–Kier alpha value is -2.62. The second kappa shape index (κ2) is 7.18. The molecule has 2 heterocycles. The predicted molar refractivity (Wildman–Crippen MR) is 88.9 cm³/mol. The number of alkyl halides is 3. The highest BCUT2D eigenvalue weighted by Crippen LogP contribution is 2.41.